The van der Waals surface area contributed by atoms with E-state index in [-0.39, 0.29) is 0 Å². The number of nitrogens with zero attached hydrogens (tertiary/aromatic N) is 4. The number of aromatic nitrogens is 4. The molecule has 3 rings (SSSR count). The van der Waals surface area contributed by atoms with Gasteiger partial charge >= 0.3 is 0 Å². The van der Waals surface area contributed by atoms with Crippen LogP contribution < -0.4 is 5.32 Å². The van der Waals surface area contributed by atoms with Gasteiger partial charge in [0.15, 0.2) is 5.82 Å². The molecule has 0 saturated heterocycles. The summed E-state index contributed by atoms with van der Waals surface area (Å²) in [6.07, 6.45) is 5.28. The molecule has 1 aliphatic carbocycles. The molecule has 1 fully saturated rings. The third-order valence-corrected chi connectivity index (χ3v) is 4.17. The number of methoxy groups -OCH3 is 1. The highest BCUT2D eigenvalue weighted by Gasteiger charge is 2.16. The largest absolute Gasteiger partial charge is 0.377 e. The normalized spacial score (nSPS) is 16.9. The highest BCUT2D eigenvalue weighted by Crippen LogP contribution is 2.19. The van der Waals surface area contributed by atoms with Gasteiger partial charge in [-0.15, -0.1) is 10.2 Å². The van der Waals surface area contributed by atoms with Gasteiger partial charge in [0.05, 0.1) is 0 Å². The number of rotatable bonds is 5. The fourth-order valence-corrected chi connectivity index (χ4v) is 3.15. The summed E-state index contributed by atoms with van der Waals surface area (Å²) in [5.41, 5.74) is 0. The second-order valence-corrected chi connectivity index (χ2v) is 5.64. The van der Waals surface area contributed by atoms with Crippen LogP contribution in [0, 0.1) is 0 Å². The Kier molecular flexibility index (Phi) is 3.53. The first-order valence-corrected chi connectivity index (χ1v) is 7.11. The first-order chi connectivity index (χ1) is 8.86. The average Bonchev–Trinajstić information content (AvgIpc) is 3.04. The summed E-state index contributed by atoms with van der Waals surface area (Å²) in [6, 6.07) is 0.665. The Bertz CT molecular complexity index is 516. The van der Waals surface area contributed by atoms with Gasteiger partial charge in [-0.25, -0.2) is 0 Å². The molecular weight excluding hydrogens is 250 g/mol. The molecule has 2 aromatic heterocycles. The third-order valence-electron chi connectivity index (χ3n) is 3.27. The molecule has 7 heteroatoms. The predicted octanol–water partition coefficient (Wildman–Crippen LogP) is 1.36. The van der Waals surface area contributed by atoms with E-state index >= 15 is 0 Å². The Labute approximate surface area is 109 Å². The zero-order valence-corrected chi connectivity index (χ0v) is 11.2. The standard InChI is InChI=1S/C11H17N5OS/c1-17-7-9-13-14-11-16(9)15-10(18-11)6-12-8-4-2-3-5-8/h8,12H,2-7H2,1H3. The van der Waals surface area contributed by atoms with Gasteiger partial charge < -0.3 is 10.1 Å². The second-order valence-electron chi connectivity index (χ2n) is 4.60. The number of fused-ring (bicyclic) bond motifs is 1. The molecule has 1 saturated carbocycles. The van der Waals surface area contributed by atoms with Gasteiger partial charge in [0.25, 0.3) is 0 Å². The quantitative estimate of drug-likeness (QED) is 0.886. The van der Waals surface area contributed by atoms with Gasteiger partial charge in [0.2, 0.25) is 4.96 Å². The monoisotopic (exact) mass is 267 g/mol. The number of ether oxygens (including phenoxy) is 1. The molecule has 0 spiro atoms. The van der Waals surface area contributed by atoms with Crippen LogP contribution in [0.4, 0.5) is 0 Å². The van der Waals surface area contributed by atoms with Crippen LogP contribution in [0.3, 0.4) is 0 Å². The van der Waals surface area contributed by atoms with E-state index in [1.54, 1.807) is 23.0 Å². The molecule has 0 aliphatic heterocycles. The van der Waals surface area contributed by atoms with E-state index in [1.165, 1.54) is 25.7 Å². The minimum atomic E-state index is 0.445. The van der Waals surface area contributed by atoms with Crippen LogP contribution in [0.15, 0.2) is 0 Å². The van der Waals surface area contributed by atoms with E-state index in [4.69, 9.17) is 4.74 Å². The molecule has 1 N–H and O–H groups in total. The Morgan fingerprint density at radius 2 is 2.22 bits per heavy atom. The Morgan fingerprint density at radius 1 is 1.39 bits per heavy atom. The minimum Gasteiger partial charge on any atom is -0.377 e. The lowest BCUT2D eigenvalue weighted by molar-refractivity contribution is 0.176. The first kappa shape index (κ1) is 12.0. The van der Waals surface area contributed by atoms with Crippen LogP contribution in [0.1, 0.15) is 36.5 Å². The topological polar surface area (TPSA) is 64.3 Å². The van der Waals surface area contributed by atoms with Gasteiger partial charge in [-0.05, 0) is 12.8 Å². The van der Waals surface area contributed by atoms with Crippen molar-refractivity contribution < 1.29 is 4.74 Å². The lowest BCUT2D eigenvalue weighted by Crippen LogP contribution is -2.25. The van der Waals surface area contributed by atoms with Crippen molar-refractivity contribution in [3.05, 3.63) is 10.8 Å². The number of hydrogen-bond acceptors (Lipinski definition) is 6. The van der Waals surface area contributed by atoms with Gasteiger partial charge in [-0.2, -0.15) is 9.61 Å². The van der Waals surface area contributed by atoms with Crippen LogP contribution in [0.25, 0.3) is 4.96 Å². The van der Waals surface area contributed by atoms with Crippen molar-refractivity contribution in [1.29, 1.82) is 0 Å². The molecule has 98 valence electrons. The van der Waals surface area contributed by atoms with Gasteiger partial charge in [-0.1, -0.05) is 24.2 Å². The van der Waals surface area contributed by atoms with Crippen molar-refractivity contribution in [1.82, 2.24) is 25.1 Å². The van der Waals surface area contributed by atoms with Crippen molar-refractivity contribution in [2.75, 3.05) is 7.11 Å². The molecule has 0 atom stereocenters. The molecule has 0 amide bonds. The second kappa shape index (κ2) is 5.29. The minimum absolute atomic E-state index is 0.445. The summed E-state index contributed by atoms with van der Waals surface area (Å²) in [4.78, 5) is 0.838. The molecular formula is C11H17N5OS. The molecule has 0 unspecified atom stereocenters. The van der Waals surface area contributed by atoms with Crippen molar-refractivity contribution >= 4 is 16.3 Å². The van der Waals surface area contributed by atoms with Crippen molar-refractivity contribution in [3.8, 4) is 0 Å². The number of nitrogens with one attached hydrogen (secondary N) is 1. The Morgan fingerprint density at radius 3 is 3.00 bits per heavy atom. The maximum Gasteiger partial charge on any atom is 0.234 e. The van der Waals surface area contributed by atoms with Gasteiger partial charge in [0, 0.05) is 19.7 Å². The van der Waals surface area contributed by atoms with Crippen LogP contribution >= 0.6 is 11.3 Å². The molecule has 0 radical (unpaired) electrons. The average molecular weight is 267 g/mol. The van der Waals surface area contributed by atoms with E-state index in [2.05, 4.69) is 20.6 Å². The van der Waals surface area contributed by atoms with Crippen LogP contribution in [0.5, 0.6) is 0 Å². The Balaban J connectivity index is 1.68. The van der Waals surface area contributed by atoms with Crippen LogP contribution in [0.2, 0.25) is 0 Å². The third kappa shape index (κ3) is 2.38. The summed E-state index contributed by atoms with van der Waals surface area (Å²) >= 11 is 1.59. The maximum atomic E-state index is 5.07. The molecule has 2 aromatic rings. The van der Waals surface area contributed by atoms with E-state index in [0.717, 1.165) is 22.3 Å². The van der Waals surface area contributed by atoms with Crippen molar-refractivity contribution in [2.24, 2.45) is 0 Å². The van der Waals surface area contributed by atoms with E-state index < -0.39 is 0 Å². The van der Waals surface area contributed by atoms with Crippen LogP contribution in [-0.2, 0) is 17.9 Å². The fraction of sp³-hybridized carbons (Fsp3) is 0.727. The number of hydrogen-bond donors (Lipinski definition) is 1. The molecule has 1 aliphatic rings. The zero-order chi connectivity index (χ0) is 12.4. The molecule has 18 heavy (non-hydrogen) atoms. The SMILES string of the molecule is COCc1nnc2sc(CNC3CCCC3)nn12. The predicted molar refractivity (Wildman–Crippen MR) is 68.5 cm³/mol. The van der Waals surface area contributed by atoms with E-state index in [9.17, 15) is 0 Å². The highest BCUT2D eigenvalue weighted by molar-refractivity contribution is 7.16. The molecule has 2 heterocycles. The lowest BCUT2D eigenvalue weighted by atomic mass is 10.2. The lowest BCUT2D eigenvalue weighted by Gasteiger charge is -2.08. The molecule has 6 nitrogen and oxygen atoms in total. The van der Waals surface area contributed by atoms with Gasteiger partial charge in [0.1, 0.15) is 11.6 Å². The summed E-state index contributed by atoms with van der Waals surface area (Å²) in [6.45, 7) is 1.27. The zero-order valence-electron chi connectivity index (χ0n) is 10.4. The summed E-state index contributed by atoms with van der Waals surface area (Å²) in [5, 5.41) is 17.3. The molecule has 0 aromatic carbocycles. The summed E-state index contributed by atoms with van der Waals surface area (Å²) < 4.78 is 6.85. The van der Waals surface area contributed by atoms with E-state index in [0.29, 0.717) is 12.6 Å². The van der Waals surface area contributed by atoms with Gasteiger partial charge in [-0.3, -0.25) is 0 Å². The first-order valence-electron chi connectivity index (χ1n) is 6.29. The highest BCUT2D eigenvalue weighted by atomic mass is 32.1. The molecule has 0 bridgehead atoms. The van der Waals surface area contributed by atoms with Crippen molar-refractivity contribution in [3.63, 3.8) is 0 Å². The fourth-order valence-electron chi connectivity index (χ4n) is 2.35. The summed E-state index contributed by atoms with van der Waals surface area (Å²) in [5.74, 6) is 0.760. The van der Waals surface area contributed by atoms with Crippen LogP contribution in [-0.4, -0.2) is 33.0 Å². The Hall–Kier alpha value is -1.05. The van der Waals surface area contributed by atoms with E-state index in [1.807, 2.05) is 0 Å². The summed E-state index contributed by atoms with van der Waals surface area (Å²) in [7, 11) is 1.65. The maximum absolute atomic E-state index is 5.07. The smallest absolute Gasteiger partial charge is 0.234 e. The van der Waals surface area contributed by atoms with Crippen molar-refractivity contribution in [2.45, 2.75) is 44.9 Å².